The van der Waals surface area contributed by atoms with E-state index in [1.54, 1.807) is 6.20 Å². The molecule has 0 radical (unpaired) electrons. The monoisotopic (exact) mass is 477 g/mol. The lowest BCUT2D eigenvalue weighted by Crippen LogP contribution is -2.22. The van der Waals surface area contributed by atoms with Gasteiger partial charge in [-0.2, -0.15) is 5.10 Å². The zero-order valence-corrected chi connectivity index (χ0v) is 18.6. The highest BCUT2D eigenvalue weighted by Gasteiger charge is 2.14. The normalized spacial score (nSPS) is 12.3. The number of pyridine rings is 1. The average molecular weight is 477 g/mol. The molecule has 6 heteroatoms. The first-order valence-electron chi connectivity index (χ1n) is 8.76. The molecule has 4 nitrogen and oxygen atoms in total. The second-order valence-electron chi connectivity index (χ2n) is 7.45. The van der Waals surface area contributed by atoms with Crippen LogP contribution in [0.2, 0.25) is 25.7 Å². The number of hydrogen-bond donors (Lipinski definition) is 0. The van der Waals surface area contributed by atoms with Gasteiger partial charge < -0.3 is 4.74 Å². The Morgan fingerprint density at radius 3 is 2.69 bits per heavy atom. The van der Waals surface area contributed by atoms with Gasteiger partial charge in [0.2, 0.25) is 0 Å². The van der Waals surface area contributed by atoms with Crippen LogP contribution in [0.1, 0.15) is 11.4 Å². The SMILES string of the molecule is C[Si](C)(C)CCOCn1nc(/C=C/c2ccccn2)c2c(I)cccc21. The molecule has 0 spiro atoms. The predicted molar refractivity (Wildman–Crippen MR) is 120 cm³/mol. The smallest absolute Gasteiger partial charge is 0.140 e. The van der Waals surface area contributed by atoms with Gasteiger partial charge in [0.15, 0.2) is 0 Å². The zero-order chi connectivity index (χ0) is 18.6. The van der Waals surface area contributed by atoms with Crippen LogP contribution in [0.25, 0.3) is 23.1 Å². The number of hydrogen-bond acceptors (Lipinski definition) is 3. The Bertz CT molecular complexity index is 901. The second kappa shape index (κ2) is 8.45. The van der Waals surface area contributed by atoms with E-state index in [4.69, 9.17) is 9.84 Å². The first-order valence-corrected chi connectivity index (χ1v) is 13.5. The summed E-state index contributed by atoms with van der Waals surface area (Å²) in [5, 5.41) is 5.94. The Labute approximate surface area is 169 Å². The lowest BCUT2D eigenvalue weighted by molar-refractivity contribution is 0.0816. The van der Waals surface area contributed by atoms with Crippen molar-refractivity contribution >= 4 is 53.7 Å². The van der Waals surface area contributed by atoms with E-state index in [-0.39, 0.29) is 0 Å². The minimum atomic E-state index is -1.08. The Kier molecular flexibility index (Phi) is 6.26. The van der Waals surface area contributed by atoms with E-state index in [2.05, 4.69) is 65.4 Å². The van der Waals surface area contributed by atoms with Gasteiger partial charge in [-0.25, -0.2) is 4.68 Å². The molecule has 0 fully saturated rings. The molecule has 3 aromatic rings. The largest absolute Gasteiger partial charge is 0.360 e. The van der Waals surface area contributed by atoms with Crippen molar-refractivity contribution in [1.29, 1.82) is 0 Å². The van der Waals surface area contributed by atoms with Crippen molar-refractivity contribution in [2.45, 2.75) is 32.4 Å². The third kappa shape index (κ3) is 5.02. The van der Waals surface area contributed by atoms with Crippen molar-refractivity contribution in [3.8, 4) is 0 Å². The van der Waals surface area contributed by atoms with Crippen molar-refractivity contribution in [1.82, 2.24) is 14.8 Å². The average Bonchev–Trinajstić information content (AvgIpc) is 2.96. The molecule has 2 heterocycles. The van der Waals surface area contributed by atoms with E-state index in [9.17, 15) is 0 Å². The maximum Gasteiger partial charge on any atom is 0.140 e. The van der Waals surface area contributed by atoms with Crippen LogP contribution in [-0.4, -0.2) is 29.4 Å². The summed E-state index contributed by atoms with van der Waals surface area (Å²) in [5.74, 6) is 0. The molecule has 0 saturated carbocycles. The Hall–Kier alpha value is -1.51. The number of nitrogens with zero attached hydrogens (tertiary/aromatic N) is 3. The molecule has 1 aromatic carbocycles. The molecule has 0 aliphatic carbocycles. The quantitative estimate of drug-likeness (QED) is 0.256. The van der Waals surface area contributed by atoms with Gasteiger partial charge >= 0.3 is 0 Å². The van der Waals surface area contributed by atoms with Crippen molar-refractivity contribution in [2.75, 3.05) is 6.61 Å². The van der Waals surface area contributed by atoms with Gasteiger partial charge in [0.1, 0.15) is 6.73 Å². The summed E-state index contributed by atoms with van der Waals surface area (Å²) >= 11 is 2.37. The highest BCUT2D eigenvalue weighted by Crippen LogP contribution is 2.26. The lowest BCUT2D eigenvalue weighted by Gasteiger charge is -2.15. The molecule has 0 aliphatic rings. The highest BCUT2D eigenvalue weighted by atomic mass is 127. The summed E-state index contributed by atoms with van der Waals surface area (Å²) in [6.07, 6.45) is 5.83. The topological polar surface area (TPSA) is 39.9 Å². The number of fused-ring (bicyclic) bond motifs is 1. The third-order valence-corrected chi connectivity index (χ3v) is 6.67. The van der Waals surface area contributed by atoms with E-state index >= 15 is 0 Å². The molecule has 0 aliphatic heterocycles. The van der Waals surface area contributed by atoms with Crippen LogP contribution in [0.15, 0.2) is 42.6 Å². The molecular formula is C20H24IN3OSi. The van der Waals surface area contributed by atoms with Crippen LogP contribution in [-0.2, 0) is 11.5 Å². The number of halogens is 1. The van der Waals surface area contributed by atoms with Crippen LogP contribution in [0.5, 0.6) is 0 Å². The molecule has 2 aromatic heterocycles. The summed E-state index contributed by atoms with van der Waals surface area (Å²) in [6.45, 7) is 8.37. The van der Waals surface area contributed by atoms with E-state index in [0.29, 0.717) is 6.73 Å². The maximum absolute atomic E-state index is 5.92. The summed E-state index contributed by atoms with van der Waals surface area (Å²) in [4.78, 5) is 4.34. The van der Waals surface area contributed by atoms with E-state index in [1.165, 1.54) is 3.57 Å². The fourth-order valence-electron chi connectivity index (χ4n) is 2.60. The Morgan fingerprint density at radius 1 is 1.12 bits per heavy atom. The maximum atomic E-state index is 5.92. The van der Waals surface area contributed by atoms with Crippen LogP contribution in [0.4, 0.5) is 0 Å². The molecular weight excluding hydrogens is 453 g/mol. The molecule has 0 N–H and O–H groups in total. The summed E-state index contributed by atoms with van der Waals surface area (Å²) in [7, 11) is -1.08. The van der Waals surface area contributed by atoms with Crippen LogP contribution < -0.4 is 0 Å². The van der Waals surface area contributed by atoms with Gasteiger partial charge in [0.25, 0.3) is 0 Å². The fraction of sp³-hybridized carbons (Fsp3) is 0.300. The molecule has 136 valence electrons. The van der Waals surface area contributed by atoms with E-state index < -0.39 is 8.07 Å². The van der Waals surface area contributed by atoms with Crippen molar-refractivity contribution < 1.29 is 4.74 Å². The Morgan fingerprint density at radius 2 is 1.96 bits per heavy atom. The lowest BCUT2D eigenvalue weighted by atomic mass is 10.2. The molecule has 26 heavy (non-hydrogen) atoms. The number of rotatable bonds is 7. The van der Waals surface area contributed by atoms with Gasteiger partial charge in [-0.1, -0.05) is 31.8 Å². The summed E-state index contributed by atoms with van der Waals surface area (Å²) < 4.78 is 9.06. The van der Waals surface area contributed by atoms with Gasteiger partial charge in [-0.15, -0.1) is 0 Å². The van der Waals surface area contributed by atoms with Crippen LogP contribution in [0.3, 0.4) is 0 Å². The summed E-state index contributed by atoms with van der Waals surface area (Å²) in [6, 6.07) is 13.3. The minimum absolute atomic E-state index is 0.485. The van der Waals surface area contributed by atoms with Gasteiger partial charge in [-0.05, 0) is 65.1 Å². The van der Waals surface area contributed by atoms with E-state index in [0.717, 1.165) is 34.9 Å². The molecule has 0 unspecified atom stereocenters. The highest BCUT2D eigenvalue weighted by molar-refractivity contribution is 14.1. The van der Waals surface area contributed by atoms with Crippen molar-refractivity contribution in [3.05, 3.63) is 57.6 Å². The van der Waals surface area contributed by atoms with Crippen LogP contribution in [0, 0.1) is 3.57 Å². The van der Waals surface area contributed by atoms with Gasteiger partial charge in [0, 0.05) is 29.8 Å². The van der Waals surface area contributed by atoms with Crippen molar-refractivity contribution in [2.24, 2.45) is 0 Å². The molecule has 0 bridgehead atoms. The predicted octanol–water partition coefficient (Wildman–Crippen LogP) is 5.52. The standard InChI is InChI=1S/C20H24IN3OSi/c1-26(2,3)14-13-25-15-24-19-9-6-8-17(21)20(19)18(23-24)11-10-16-7-4-5-12-22-16/h4-12H,13-15H2,1-3H3/b11-10+. The molecule has 3 rings (SSSR count). The van der Waals surface area contributed by atoms with Crippen LogP contribution >= 0.6 is 22.6 Å². The minimum Gasteiger partial charge on any atom is -0.360 e. The van der Waals surface area contributed by atoms with E-state index in [1.807, 2.05) is 35.0 Å². The molecule has 0 amide bonds. The first kappa shape index (κ1) is 19.3. The zero-order valence-electron chi connectivity index (χ0n) is 15.4. The van der Waals surface area contributed by atoms with Crippen molar-refractivity contribution in [3.63, 3.8) is 0 Å². The first-order chi connectivity index (χ1) is 12.4. The fourth-order valence-corrected chi connectivity index (χ4v) is 4.12. The number of ether oxygens (including phenoxy) is 1. The second-order valence-corrected chi connectivity index (χ2v) is 14.2. The van der Waals surface area contributed by atoms with Gasteiger partial charge in [-0.3, -0.25) is 4.98 Å². The van der Waals surface area contributed by atoms with Gasteiger partial charge in [0.05, 0.1) is 16.9 Å². The molecule has 0 saturated heterocycles. The molecule has 0 atom stereocenters. The summed E-state index contributed by atoms with van der Waals surface area (Å²) in [5.41, 5.74) is 2.97. The Balaban J connectivity index is 1.84. The number of benzene rings is 1. The third-order valence-electron chi connectivity index (χ3n) is 4.06. The number of aromatic nitrogens is 3.